The van der Waals surface area contributed by atoms with Crippen molar-refractivity contribution < 1.29 is 24.0 Å². The summed E-state index contributed by atoms with van der Waals surface area (Å²) in [7, 11) is 0. The molecular formula is C23H40O5. The number of fused-ring (bicyclic) bond motifs is 2. The second-order valence-electron chi connectivity index (χ2n) is 9.91. The molecule has 0 aromatic rings. The molecule has 162 valence electrons. The van der Waals surface area contributed by atoms with E-state index in [4.69, 9.17) is 24.0 Å². The fourth-order valence-electron chi connectivity index (χ4n) is 6.14. The van der Waals surface area contributed by atoms with E-state index in [0.717, 1.165) is 32.3 Å². The van der Waals surface area contributed by atoms with Crippen LogP contribution in [0.4, 0.5) is 0 Å². The molecule has 0 N–H and O–H groups in total. The Morgan fingerprint density at radius 2 is 1.71 bits per heavy atom. The molecule has 4 saturated heterocycles. The molecule has 5 heteroatoms. The molecule has 1 spiro atoms. The zero-order valence-electron chi connectivity index (χ0n) is 18.3. The van der Waals surface area contributed by atoms with Gasteiger partial charge in [-0.2, -0.15) is 0 Å². The van der Waals surface area contributed by atoms with Gasteiger partial charge in [0, 0.05) is 24.9 Å². The third-order valence-corrected chi connectivity index (χ3v) is 7.88. The average molecular weight is 397 g/mol. The Hall–Kier alpha value is -0.200. The van der Waals surface area contributed by atoms with E-state index in [-0.39, 0.29) is 12.2 Å². The quantitative estimate of drug-likeness (QED) is 0.396. The molecule has 0 amide bonds. The zero-order valence-corrected chi connectivity index (χ0v) is 18.3. The van der Waals surface area contributed by atoms with E-state index >= 15 is 0 Å². The van der Waals surface area contributed by atoms with E-state index in [9.17, 15) is 0 Å². The lowest BCUT2D eigenvalue weighted by atomic mass is 9.58. The van der Waals surface area contributed by atoms with Crippen LogP contribution < -0.4 is 0 Å². The van der Waals surface area contributed by atoms with Gasteiger partial charge in [0.05, 0.1) is 0 Å². The summed E-state index contributed by atoms with van der Waals surface area (Å²) in [6, 6.07) is 0. The minimum Gasteiger partial charge on any atom is -0.352 e. The van der Waals surface area contributed by atoms with E-state index in [2.05, 4.69) is 20.8 Å². The largest absolute Gasteiger partial charge is 0.352 e. The van der Waals surface area contributed by atoms with Crippen LogP contribution in [0.25, 0.3) is 0 Å². The van der Waals surface area contributed by atoms with Crippen LogP contribution >= 0.6 is 0 Å². The summed E-state index contributed by atoms with van der Waals surface area (Å²) in [6.45, 7) is 9.61. The highest BCUT2D eigenvalue weighted by Gasteiger charge is 2.69. The first-order valence-corrected chi connectivity index (χ1v) is 11.8. The topological polar surface area (TPSA) is 46.2 Å². The van der Waals surface area contributed by atoms with Crippen molar-refractivity contribution in [3.8, 4) is 0 Å². The number of hydrogen-bond donors (Lipinski definition) is 0. The standard InChI is InChI=1S/C23H40O5/c1-5-6-7-8-9-10-15-24-20-17(3)19-12-11-16(2)18-13-14-22(4)26-21(25-20)23(18,19)28-27-22/h16-21H,5-15H2,1-4H3/t16-,17-,18+,19+,20+,21+,22-,23-/m1/s1. The molecule has 5 fully saturated rings. The number of ether oxygens (including phenoxy) is 3. The van der Waals surface area contributed by atoms with E-state index < -0.39 is 17.7 Å². The first kappa shape index (κ1) is 21.0. The number of unbranched alkanes of at least 4 members (excludes halogenated alkanes) is 5. The van der Waals surface area contributed by atoms with Gasteiger partial charge in [-0.1, -0.05) is 52.9 Å². The highest BCUT2D eigenvalue weighted by molar-refractivity contribution is 5.09. The van der Waals surface area contributed by atoms with Crippen molar-refractivity contribution in [2.75, 3.05) is 6.61 Å². The summed E-state index contributed by atoms with van der Waals surface area (Å²) in [6.07, 6.45) is 11.3. The molecule has 5 rings (SSSR count). The molecule has 8 atom stereocenters. The summed E-state index contributed by atoms with van der Waals surface area (Å²) < 4.78 is 19.1. The predicted molar refractivity (Wildman–Crippen MR) is 106 cm³/mol. The molecule has 0 aromatic carbocycles. The third-order valence-electron chi connectivity index (χ3n) is 7.88. The summed E-state index contributed by atoms with van der Waals surface area (Å²) in [5.74, 6) is 0.943. The fourth-order valence-corrected chi connectivity index (χ4v) is 6.14. The molecule has 0 unspecified atom stereocenters. The third kappa shape index (κ3) is 3.66. The Kier molecular flexibility index (Phi) is 6.39. The van der Waals surface area contributed by atoms with Crippen molar-refractivity contribution in [1.29, 1.82) is 0 Å². The minimum absolute atomic E-state index is 0.211. The maximum Gasteiger partial charge on any atom is 0.201 e. The molecule has 1 aliphatic carbocycles. The first-order chi connectivity index (χ1) is 13.5. The monoisotopic (exact) mass is 396 g/mol. The van der Waals surface area contributed by atoms with Gasteiger partial charge < -0.3 is 14.2 Å². The molecule has 28 heavy (non-hydrogen) atoms. The van der Waals surface area contributed by atoms with Gasteiger partial charge >= 0.3 is 0 Å². The molecule has 4 aliphatic heterocycles. The van der Waals surface area contributed by atoms with E-state index in [1.807, 2.05) is 6.92 Å². The van der Waals surface area contributed by atoms with E-state index in [0.29, 0.717) is 17.8 Å². The molecule has 0 radical (unpaired) electrons. The maximum atomic E-state index is 6.45. The molecule has 4 heterocycles. The first-order valence-electron chi connectivity index (χ1n) is 11.8. The van der Waals surface area contributed by atoms with Gasteiger partial charge in [-0.25, -0.2) is 9.78 Å². The lowest BCUT2D eigenvalue weighted by molar-refractivity contribution is -0.577. The van der Waals surface area contributed by atoms with Crippen LogP contribution in [0.3, 0.4) is 0 Å². The van der Waals surface area contributed by atoms with Crippen molar-refractivity contribution in [1.82, 2.24) is 0 Å². The number of hydrogen-bond acceptors (Lipinski definition) is 5. The van der Waals surface area contributed by atoms with E-state index in [1.54, 1.807) is 0 Å². The average Bonchev–Trinajstić information content (AvgIpc) is 2.91. The van der Waals surface area contributed by atoms with Crippen LogP contribution in [0, 0.1) is 23.7 Å². The Balaban J connectivity index is 1.41. The van der Waals surface area contributed by atoms with Crippen LogP contribution in [0.1, 0.15) is 91.9 Å². The minimum atomic E-state index is -0.706. The molecule has 1 saturated carbocycles. The molecular weight excluding hydrogens is 356 g/mol. The lowest BCUT2D eigenvalue weighted by Gasteiger charge is -2.60. The van der Waals surface area contributed by atoms with Crippen LogP contribution in [-0.4, -0.2) is 30.6 Å². The van der Waals surface area contributed by atoms with Crippen molar-refractivity contribution in [2.45, 2.75) is 116 Å². The van der Waals surface area contributed by atoms with E-state index in [1.165, 1.54) is 38.5 Å². The van der Waals surface area contributed by atoms with Crippen molar-refractivity contribution in [3.05, 3.63) is 0 Å². The summed E-state index contributed by atoms with van der Waals surface area (Å²) >= 11 is 0. The normalized spacial score (nSPS) is 47.6. The summed E-state index contributed by atoms with van der Waals surface area (Å²) in [5.41, 5.74) is -0.479. The second kappa shape index (κ2) is 8.50. The smallest absolute Gasteiger partial charge is 0.201 e. The number of rotatable bonds is 8. The maximum absolute atomic E-state index is 6.45. The Morgan fingerprint density at radius 1 is 0.929 bits per heavy atom. The molecule has 5 nitrogen and oxygen atoms in total. The van der Waals surface area contributed by atoms with Crippen molar-refractivity contribution in [3.63, 3.8) is 0 Å². The second-order valence-corrected chi connectivity index (χ2v) is 9.91. The van der Waals surface area contributed by atoms with Gasteiger partial charge in [-0.15, -0.1) is 0 Å². The Labute approximate surface area is 170 Å². The molecule has 0 aromatic heterocycles. The highest BCUT2D eigenvalue weighted by Crippen LogP contribution is 2.60. The SMILES string of the molecule is CCCCCCCCO[C@H]1O[C@H]2O[C@@]3(C)CC[C@H]4[C@H](C)CC[C@@H]([C@H]1C)[C@@]24OO3. The van der Waals surface area contributed by atoms with Crippen molar-refractivity contribution >= 4 is 0 Å². The molecule has 5 aliphatic rings. The summed E-state index contributed by atoms with van der Waals surface area (Å²) in [5, 5.41) is 0. The van der Waals surface area contributed by atoms with Crippen LogP contribution in [0.2, 0.25) is 0 Å². The van der Waals surface area contributed by atoms with Crippen molar-refractivity contribution in [2.24, 2.45) is 23.7 Å². The Morgan fingerprint density at radius 3 is 2.54 bits per heavy atom. The van der Waals surface area contributed by atoms with Gasteiger partial charge in [-0.05, 0) is 44.4 Å². The Bertz CT molecular complexity index is 527. The van der Waals surface area contributed by atoms with Gasteiger partial charge in [0.1, 0.15) is 0 Å². The van der Waals surface area contributed by atoms with Gasteiger partial charge in [-0.3, -0.25) is 0 Å². The predicted octanol–water partition coefficient (Wildman–Crippen LogP) is 5.57. The van der Waals surface area contributed by atoms with Gasteiger partial charge in [0.25, 0.3) is 0 Å². The lowest BCUT2D eigenvalue weighted by Crippen LogP contribution is -2.70. The zero-order chi connectivity index (χ0) is 19.8. The fraction of sp³-hybridized carbons (Fsp3) is 1.00. The van der Waals surface area contributed by atoms with Crippen LogP contribution in [0.15, 0.2) is 0 Å². The van der Waals surface area contributed by atoms with Crippen LogP contribution in [0.5, 0.6) is 0 Å². The summed E-state index contributed by atoms with van der Waals surface area (Å²) in [4.78, 5) is 12.0. The highest BCUT2D eigenvalue weighted by atomic mass is 17.3. The van der Waals surface area contributed by atoms with Gasteiger partial charge in [0.2, 0.25) is 5.79 Å². The van der Waals surface area contributed by atoms with Crippen LogP contribution in [-0.2, 0) is 24.0 Å². The molecule has 2 bridgehead atoms. The van der Waals surface area contributed by atoms with Gasteiger partial charge in [0.15, 0.2) is 18.2 Å².